The molecule has 1 rings (SSSR count). The van der Waals surface area contributed by atoms with Gasteiger partial charge in [0.1, 0.15) is 6.61 Å². The lowest BCUT2D eigenvalue weighted by atomic mass is 9.99. The van der Waals surface area contributed by atoms with E-state index in [1.165, 1.54) is 96.3 Å². The quantitative estimate of drug-likeness (QED) is 0.0417. The van der Waals surface area contributed by atoms with Crippen molar-refractivity contribution in [1.29, 1.82) is 0 Å². The molecule has 266 valence electrons. The molecule has 0 bridgehead atoms. The molecule has 2 unspecified atom stereocenters. The van der Waals surface area contributed by atoms with E-state index < -0.39 is 32.5 Å². The molecule has 3 atom stereocenters. The first-order valence-electron chi connectivity index (χ1n) is 18.4. The number of carbonyl (C=O) groups is 2. The molecule has 0 aromatic rings. The first-order chi connectivity index (χ1) is 21.8. The van der Waals surface area contributed by atoms with Crippen molar-refractivity contribution in [2.75, 3.05) is 26.4 Å². The lowest BCUT2D eigenvalue weighted by molar-refractivity contribution is -0.228. The van der Waals surface area contributed by atoms with Crippen molar-refractivity contribution in [2.24, 2.45) is 17.6 Å². The van der Waals surface area contributed by atoms with Gasteiger partial charge in [-0.1, -0.05) is 142 Å². The third kappa shape index (κ3) is 27.8. The number of esters is 2. The second kappa shape index (κ2) is 28.1. The average Bonchev–Trinajstić information content (AvgIpc) is 3.85. The van der Waals surface area contributed by atoms with Crippen LogP contribution < -0.4 is 10.6 Å². The molecule has 0 radical (unpaired) electrons. The Hall–Kier alpha value is -0.990. The SMILES string of the molecule is CCC(C)CCCCCCCCCCC(=O)O[C@@H](COC(=O)CCCCCCCCCCCC1CC1)COP(=O)([O-])OCCN. The second-order valence-electron chi connectivity index (χ2n) is 13.2. The van der Waals surface area contributed by atoms with Crippen molar-refractivity contribution in [3.63, 3.8) is 0 Å². The van der Waals surface area contributed by atoms with Gasteiger partial charge in [-0.3, -0.25) is 14.2 Å². The maximum Gasteiger partial charge on any atom is 0.306 e. The van der Waals surface area contributed by atoms with E-state index in [2.05, 4.69) is 18.4 Å². The summed E-state index contributed by atoms with van der Waals surface area (Å²) in [5.74, 6) is 1.01. The number of phosphoric ester groups is 1. The summed E-state index contributed by atoms with van der Waals surface area (Å²) in [6.45, 7) is 3.62. The van der Waals surface area contributed by atoms with Crippen LogP contribution in [0.5, 0.6) is 0 Å². The zero-order chi connectivity index (χ0) is 33.0. The van der Waals surface area contributed by atoms with Gasteiger partial charge in [0.15, 0.2) is 6.10 Å². The first kappa shape index (κ1) is 42.0. The Kier molecular flexibility index (Phi) is 26.2. The van der Waals surface area contributed by atoms with Crippen molar-refractivity contribution < 1.29 is 37.6 Å². The molecule has 1 aliphatic rings. The maximum atomic E-state index is 12.5. The van der Waals surface area contributed by atoms with E-state index in [1.54, 1.807) is 0 Å². The molecule has 1 aliphatic carbocycles. The Bertz CT molecular complexity index is 779. The predicted molar refractivity (Wildman–Crippen MR) is 179 cm³/mol. The second-order valence-corrected chi connectivity index (χ2v) is 14.6. The molecule has 0 aromatic heterocycles. The van der Waals surface area contributed by atoms with Crippen molar-refractivity contribution in [1.82, 2.24) is 0 Å². The van der Waals surface area contributed by atoms with E-state index in [0.29, 0.717) is 6.42 Å². The van der Waals surface area contributed by atoms with Crippen LogP contribution >= 0.6 is 7.82 Å². The lowest BCUT2D eigenvalue weighted by Gasteiger charge is -2.25. The number of ether oxygens (including phenoxy) is 2. The van der Waals surface area contributed by atoms with Crippen LogP contribution in [0.2, 0.25) is 0 Å². The van der Waals surface area contributed by atoms with E-state index in [4.69, 9.17) is 19.7 Å². The lowest BCUT2D eigenvalue weighted by Crippen LogP contribution is -2.30. The molecular weight excluding hydrogens is 593 g/mol. The van der Waals surface area contributed by atoms with Crippen LogP contribution in [0.4, 0.5) is 0 Å². The Labute approximate surface area is 275 Å². The van der Waals surface area contributed by atoms with Crippen LogP contribution in [0.1, 0.15) is 168 Å². The molecule has 2 N–H and O–H groups in total. The number of nitrogens with two attached hydrogens (primary N) is 1. The fraction of sp³-hybridized carbons (Fsp3) is 0.943. The van der Waals surface area contributed by atoms with Gasteiger partial charge in [0, 0.05) is 19.4 Å². The number of unbranched alkanes of at least 4 members (excludes halogenated alkanes) is 15. The van der Waals surface area contributed by atoms with Gasteiger partial charge in [-0.25, -0.2) is 0 Å². The largest absolute Gasteiger partial charge is 0.756 e. The van der Waals surface area contributed by atoms with E-state index in [1.807, 2.05) is 0 Å². The molecule has 45 heavy (non-hydrogen) atoms. The number of phosphoric acid groups is 1. The Morgan fingerprint density at radius 2 is 1.27 bits per heavy atom. The van der Waals surface area contributed by atoms with Crippen LogP contribution in [0.25, 0.3) is 0 Å². The highest BCUT2D eigenvalue weighted by atomic mass is 31.2. The Morgan fingerprint density at radius 3 is 1.80 bits per heavy atom. The van der Waals surface area contributed by atoms with Gasteiger partial charge < -0.3 is 29.1 Å². The van der Waals surface area contributed by atoms with Crippen molar-refractivity contribution >= 4 is 19.8 Å². The predicted octanol–water partition coefficient (Wildman–Crippen LogP) is 8.55. The summed E-state index contributed by atoms with van der Waals surface area (Å²) < 4.78 is 32.2. The molecule has 10 heteroatoms. The summed E-state index contributed by atoms with van der Waals surface area (Å²) in [5, 5.41) is 0. The molecule has 0 aliphatic heterocycles. The van der Waals surface area contributed by atoms with Crippen LogP contribution in [0, 0.1) is 11.8 Å². The van der Waals surface area contributed by atoms with Crippen LogP contribution in [-0.4, -0.2) is 44.4 Å². The van der Waals surface area contributed by atoms with Gasteiger partial charge >= 0.3 is 11.9 Å². The molecule has 9 nitrogen and oxygen atoms in total. The molecule has 1 fully saturated rings. The van der Waals surface area contributed by atoms with Crippen molar-refractivity contribution in [3.05, 3.63) is 0 Å². The van der Waals surface area contributed by atoms with Crippen LogP contribution in [0.3, 0.4) is 0 Å². The van der Waals surface area contributed by atoms with Crippen LogP contribution in [0.15, 0.2) is 0 Å². The van der Waals surface area contributed by atoms with E-state index >= 15 is 0 Å². The van der Waals surface area contributed by atoms with E-state index in [0.717, 1.165) is 50.4 Å². The minimum Gasteiger partial charge on any atom is -0.756 e. The maximum absolute atomic E-state index is 12.5. The number of rotatable bonds is 33. The highest BCUT2D eigenvalue weighted by Gasteiger charge is 2.21. The fourth-order valence-corrected chi connectivity index (χ4v) is 6.12. The van der Waals surface area contributed by atoms with Gasteiger partial charge in [-0.15, -0.1) is 0 Å². The zero-order valence-electron chi connectivity index (χ0n) is 28.8. The summed E-state index contributed by atoms with van der Waals surface area (Å²) in [5.41, 5.74) is 5.30. The minimum atomic E-state index is -4.61. The zero-order valence-corrected chi connectivity index (χ0v) is 29.7. The van der Waals surface area contributed by atoms with Gasteiger partial charge in [0.05, 0.1) is 13.2 Å². The van der Waals surface area contributed by atoms with E-state index in [9.17, 15) is 19.0 Å². The monoisotopic (exact) mass is 660 g/mol. The summed E-state index contributed by atoms with van der Waals surface area (Å²) in [7, 11) is -4.61. The van der Waals surface area contributed by atoms with E-state index in [-0.39, 0.29) is 32.6 Å². The smallest absolute Gasteiger partial charge is 0.306 e. The van der Waals surface area contributed by atoms with Crippen LogP contribution in [-0.2, 0) is 32.7 Å². The molecule has 0 saturated heterocycles. The Balaban J connectivity index is 2.21. The molecule has 0 spiro atoms. The summed E-state index contributed by atoms with van der Waals surface area (Å²) in [6, 6.07) is 0. The third-order valence-corrected chi connectivity index (χ3v) is 9.69. The first-order valence-corrected chi connectivity index (χ1v) is 19.9. The minimum absolute atomic E-state index is 0.0181. The van der Waals surface area contributed by atoms with Gasteiger partial charge in [-0.05, 0) is 24.7 Å². The number of carbonyl (C=O) groups excluding carboxylic acids is 2. The molecular formula is C35H67NO8P-. The number of hydrogen-bond donors (Lipinski definition) is 1. The van der Waals surface area contributed by atoms with Crippen molar-refractivity contribution in [2.45, 2.75) is 174 Å². The van der Waals surface area contributed by atoms with Gasteiger partial charge in [-0.2, -0.15) is 0 Å². The molecule has 0 amide bonds. The van der Waals surface area contributed by atoms with Gasteiger partial charge in [0.2, 0.25) is 0 Å². The highest BCUT2D eigenvalue weighted by Crippen LogP contribution is 2.38. The standard InChI is InChI=1S/C35H68NO8P/c1-3-31(2)21-17-13-9-7-8-12-16-20-24-35(38)44-33(30-43-45(39,40)42-28-27-36)29-41-34(37)23-19-15-11-6-4-5-10-14-18-22-32-25-26-32/h31-33H,3-30,36H2,1-2H3,(H,39,40)/p-1/t31?,33-/m0/s1. The normalized spacial score (nSPS) is 15.8. The number of hydrogen-bond acceptors (Lipinski definition) is 9. The summed E-state index contributed by atoms with van der Waals surface area (Å²) >= 11 is 0. The molecule has 1 saturated carbocycles. The third-order valence-electron chi connectivity index (χ3n) is 8.73. The fourth-order valence-electron chi connectivity index (χ4n) is 5.37. The topological polar surface area (TPSA) is 137 Å². The molecule has 0 heterocycles. The molecule has 0 aromatic carbocycles. The van der Waals surface area contributed by atoms with Gasteiger partial charge in [0.25, 0.3) is 7.82 Å². The summed E-state index contributed by atoms with van der Waals surface area (Å²) in [6.07, 6.45) is 25.9. The summed E-state index contributed by atoms with van der Waals surface area (Å²) in [4.78, 5) is 36.7. The highest BCUT2D eigenvalue weighted by molar-refractivity contribution is 7.45. The Morgan fingerprint density at radius 1 is 0.756 bits per heavy atom. The van der Waals surface area contributed by atoms with Crippen molar-refractivity contribution in [3.8, 4) is 0 Å². The average molecular weight is 661 g/mol.